The molecule has 1 aliphatic carbocycles. The highest BCUT2D eigenvalue weighted by Gasteiger charge is 2.29. The number of nitrogens with one attached hydrogen (secondary N) is 1. The van der Waals surface area contributed by atoms with Crippen molar-refractivity contribution < 1.29 is 18.0 Å². The molecule has 3 aromatic rings. The second-order valence-electron chi connectivity index (χ2n) is 7.71. The van der Waals surface area contributed by atoms with Gasteiger partial charge in [-0.1, -0.05) is 6.07 Å². The summed E-state index contributed by atoms with van der Waals surface area (Å²) in [5, 5.41) is 7.89. The lowest BCUT2D eigenvalue weighted by molar-refractivity contribution is 0.0767. The fourth-order valence-corrected chi connectivity index (χ4v) is 3.94. The van der Waals surface area contributed by atoms with Crippen LogP contribution in [0.15, 0.2) is 41.0 Å². The molecule has 0 aliphatic heterocycles. The number of amides is 1. The fourth-order valence-electron chi connectivity index (χ4n) is 3.94. The van der Waals surface area contributed by atoms with E-state index >= 15 is 0 Å². The molecular weight excluding hydrogens is 390 g/mol. The highest BCUT2D eigenvalue weighted by Crippen LogP contribution is 2.26. The summed E-state index contributed by atoms with van der Waals surface area (Å²) in [6.07, 6.45) is 3.91. The van der Waals surface area contributed by atoms with Crippen LogP contribution >= 0.6 is 0 Å². The number of aryl methyl sites for hydroxylation is 1. The number of carbonyl (C=O) groups is 1. The summed E-state index contributed by atoms with van der Waals surface area (Å²) < 4.78 is 33.7. The number of hydrogen-bond acceptors (Lipinski definition) is 4. The molecule has 0 bridgehead atoms. The summed E-state index contributed by atoms with van der Waals surface area (Å²) in [5.41, 5.74) is 3.15. The first kappa shape index (κ1) is 20.3. The van der Waals surface area contributed by atoms with Gasteiger partial charge in [-0.3, -0.25) is 9.48 Å². The van der Waals surface area contributed by atoms with Crippen LogP contribution in [0.25, 0.3) is 0 Å². The predicted octanol–water partition coefficient (Wildman–Crippen LogP) is 3.21. The molecule has 1 aromatic carbocycles. The van der Waals surface area contributed by atoms with E-state index in [1.807, 2.05) is 13.1 Å². The van der Waals surface area contributed by atoms with Crippen LogP contribution in [-0.4, -0.2) is 33.7 Å². The molecule has 6 nitrogen and oxygen atoms in total. The Hall–Kier alpha value is -3.00. The number of fused-ring (bicyclic) bond motifs is 1. The molecule has 2 heterocycles. The van der Waals surface area contributed by atoms with Crippen LogP contribution in [0.1, 0.15) is 39.5 Å². The first-order chi connectivity index (χ1) is 14.4. The average molecular weight is 414 g/mol. The zero-order chi connectivity index (χ0) is 21.3. The van der Waals surface area contributed by atoms with Gasteiger partial charge in [-0.05, 0) is 49.1 Å². The zero-order valence-corrected chi connectivity index (χ0v) is 17.0. The van der Waals surface area contributed by atoms with Crippen molar-refractivity contribution in [1.29, 1.82) is 0 Å². The molecule has 0 fully saturated rings. The third kappa shape index (κ3) is 4.14. The van der Waals surface area contributed by atoms with Gasteiger partial charge in [0.25, 0.3) is 5.91 Å². The first-order valence-electron chi connectivity index (χ1n) is 9.92. The van der Waals surface area contributed by atoms with Gasteiger partial charge in [0.15, 0.2) is 17.3 Å². The highest BCUT2D eigenvalue weighted by atomic mass is 19.2. The molecule has 4 rings (SSSR count). The van der Waals surface area contributed by atoms with Crippen molar-refractivity contribution >= 4 is 5.91 Å². The van der Waals surface area contributed by atoms with Gasteiger partial charge in [0.2, 0.25) is 0 Å². The van der Waals surface area contributed by atoms with Gasteiger partial charge < -0.3 is 14.6 Å². The zero-order valence-electron chi connectivity index (χ0n) is 17.0. The van der Waals surface area contributed by atoms with E-state index in [0.717, 1.165) is 30.2 Å². The van der Waals surface area contributed by atoms with Crippen LogP contribution in [0.3, 0.4) is 0 Å². The van der Waals surface area contributed by atoms with E-state index in [9.17, 15) is 13.6 Å². The summed E-state index contributed by atoms with van der Waals surface area (Å²) >= 11 is 0. The van der Waals surface area contributed by atoms with Crippen LogP contribution < -0.4 is 5.32 Å². The lowest BCUT2D eigenvalue weighted by Crippen LogP contribution is -2.35. The molecule has 0 spiro atoms. The molecular formula is C22H24F2N4O2. The molecule has 0 unspecified atom stereocenters. The van der Waals surface area contributed by atoms with Crippen molar-refractivity contribution in [2.75, 3.05) is 7.05 Å². The van der Waals surface area contributed by atoms with E-state index in [2.05, 4.69) is 10.4 Å². The summed E-state index contributed by atoms with van der Waals surface area (Å²) in [5.74, 6) is -1.13. The van der Waals surface area contributed by atoms with Crippen molar-refractivity contribution in [3.05, 3.63) is 76.5 Å². The lowest BCUT2D eigenvalue weighted by Gasteiger charge is -2.25. The van der Waals surface area contributed by atoms with Crippen molar-refractivity contribution in [1.82, 2.24) is 20.0 Å². The van der Waals surface area contributed by atoms with E-state index in [0.29, 0.717) is 36.5 Å². The number of carbonyl (C=O) groups excluding carboxylic acids is 1. The van der Waals surface area contributed by atoms with Gasteiger partial charge in [0, 0.05) is 37.9 Å². The molecule has 2 aromatic heterocycles. The maximum atomic E-state index is 13.4. The minimum atomic E-state index is -0.849. The molecule has 0 saturated carbocycles. The highest BCUT2D eigenvalue weighted by molar-refractivity contribution is 5.94. The number of rotatable bonds is 6. The number of halogens is 2. The Morgan fingerprint density at radius 1 is 1.33 bits per heavy atom. The van der Waals surface area contributed by atoms with Crippen LogP contribution in [0.2, 0.25) is 0 Å². The molecule has 30 heavy (non-hydrogen) atoms. The van der Waals surface area contributed by atoms with Crippen molar-refractivity contribution in [2.45, 2.75) is 38.4 Å². The third-order valence-corrected chi connectivity index (χ3v) is 5.56. The lowest BCUT2D eigenvalue weighted by atomic mass is 9.91. The van der Waals surface area contributed by atoms with Gasteiger partial charge in [-0.25, -0.2) is 8.78 Å². The maximum Gasteiger partial charge on any atom is 0.274 e. The average Bonchev–Trinajstić information content (AvgIpc) is 3.36. The van der Waals surface area contributed by atoms with E-state index in [-0.39, 0.29) is 11.9 Å². The second kappa shape index (κ2) is 8.39. The van der Waals surface area contributed by atoms with Crippen LogP contribution in [-0.2, 0) is 33.0 Å². The quantitative estimate of drug-likeness (QED) is 0.673. The predicted molar refractivity (Wildman–Crippen MR) is 107 cm³/mol. The third-order valence-electron chi connectivity index (χ3n) is 5.56. The molecule has 1 amide bonds. The topological polar surface area (TPSA) is 63.3 Å². The Morgan fingerprint density at radius 2 is 2.17 bits per heavy atom. The summed E-state index contributed by atoms with van der Waals surface area (Å²) in [6.45, 7) is 0.800. The SMILES string of the molecule is CN(Cc1ccco1)C(=O)c1nn(C)c2c1C[C@@H](NCc1ccc(F)c(F)c1)CC2. The number of aromatic nitrogens is 2. The molecule has 1 atom stereocenters. The Kier molecular flexibility index (Phi) is 5.67. The molecule has 158 valence electrons. The number of furan rings is 1. The smallest absolute Gasteiger partial charge is 0.274 e. The van der Waals surface area contributed by atoms with Crippen molar-refractivity contribution in [3.8, 4) is 0 Å². The number of hydrogen-bond donors (Lipinski definition) is 1. The maximum absolute atomic E-state index is 13.4. The fraction of sp³-hybridized carbons (Fsp3) is 0.364. The molecule has 1 N–H and O–H groups in total. The van der Waals surface area contributed by atoms with Crippen molar-refractivity contribution in [2.24, 2.45) is 7.05 Å². The van der Waals surface area contributed by atoms with Crippen molar-refractivity contribution in [3.63, 3.8) is 0 Å². The minimum absolute atomic E-state index is 0.122. The minimum Gasteiger partial charge on any atom is -0.467 e. The van der Waals surface area contributed by atoms with Crippen LogP contribution in [0, 0.1) is 11.6 Å². The molecule has 0 radical (unpaired) electrons. The normalized spacial score (nSPS) is 15.8. The number of nitrogens with zero attached hydrogens (tertiary/aromatic N) is 3. The number of benzene rings is 1. The summed E-state index contributed by atoms with van der Waals surface area (Å²) in [7, 11) is 3.59. The van der Waals surface area contributed by atoms with E-state index in [1.54, 1.807) is 35.0 Å². The Labute approximate surface area is 173 Å². The Balaban J connectivity index is 1.45. The Morgan fingerprint density at radius 3 is 2.90 bits per heavy atom. The van der Waals surface area contributed by atoms with E-state index in [1.165, 1.54) is 6.07 Å². The summed E-state index contributed by atoms with van der Waals surface area (Å²) in [4.78, 5) is 14.6. The van der Waals surface area contributed by atoms with Crippen LogP contribution in [0.5, 0.6) is 0 Å². The first-order valence-corrected chi connectivity index (χ1v) is 9.92. The van der Waals surface area contributed by atoms with Gasteiger partial charge in [-0.15, -0.1) is 0 Å². The summed E-state index contributed by atoms with van der Waals surface area (Å²) in [6, 6.07) is 7.66. The van der Waals surface area contributed by atoms with Gasteiger partial charge in [-0.2, -0.15) is 5.10 Å². The van der Waals surface area contributed by atoms with Gasteiger partial charge in [0.1, 0.15) is 5.76 Å². The van der Waals surface area contributed by atoms with Gasteiger partial charge in [0.05, 0.1) is 12.8 Å². The second-order valence-corrected chi connectivity index (χ2v) is 7.71. The van der Waals surface area contributed by atoms with Crippen LogP contribution in [0.4, 0.5) is 8.78 Å². The standard InChI is InChI=1S/C22H24F2N4O2/c1-27(13-16-4-3-9-30-16)22(29)21-17-11-15(6-8-20(17)28(2)26-21)25-12-14-5-7-18(23)19(24)10-14/h3-5,7,9-10,15,25H,6,8,11-13H2,1-2H3/t15-/m0/s1. The molecule has 1 aliphatic rings. The molecule has 8 heteroatoms. The molecule has 0 saturated heterocycles. The van der Waals surface area contributed by atoms with E-state index < -0.39 is 11.6 Å². The largest absolute Gasteiger partial charge is 0.467 e. The monoisotopic (exact) mass is 414 g/mol. The van der Waals surface area contributed by atoms with E-state index in [4.69, 9.17) is 4.42 Å². The Bertz CT molecular complexity index is 1050. The van der Waals surface area contributed by atoms with Gasteiger partial charge >= 0.3 is 0 Å².